The Morgan fingerprint density at radius 1 is 0.311 bits per heavy atom. The molecular formula is C55H106O6. The van der Waals surface area contributed by atoms with Gasteiger partial charge < -0.3 is 14.2 Å². The van der Waals surface area contributed by atoms with Crippen LogP contribution >= 0.6 is 0 Å². The Bertz CT molecular complexity index is 931. The molecule has 0 amide bonds. The van der Waals surface area contributed by atoms with Gasteiger partial charge in [0.15, 0.2) is 6.10 Å². The summed E-state index contributed by atoms with van der Waals surface area (Å²) in [7, 11) is 0. The predicted octanol–water partition coefficient (Wildman–Crippen LogP) is 17.7. The van der Waals surface area contributed by atoms with Crippen LogP contribution in [0.15, 0.2) is 0 Å². The fraction of sp³-hybridized carbons (Fsp3) is 0.945. The van der Waals surface area contributed by atoms with Gasteiger partial charge in [0.2, 0.25) is 0 Å². The van der Waals surface area contributed by atoms with Crippen molar-refractivity contribution in [2.24, 2.45) is 11.8 Å². The minimum absolute atomic E-state index is 0.0642. The summed E-state index contributed by atoms with van der Waals surface area (Å²) in [4.78, 5) is 37.9. The molecule has 0 N–H and O–H groups in total. The van der Waals surface area contributed by atoms with Crippen LogP contribution in [0, 0.1) is 11.8 Å². The van der Waals surface area contributed by atoms with Gasteiger partial charge in [-0.1, -0.05) is 266 Å². The highest BCUT2D eigenvalue weighted by molar-refractivity contribution is 5.71. The molecular weight excluding hydrogens is 757 g/mol. The van der Waals surface area contributed by atoms with Crippen molar-refractivity contribution in [1.82, 2.24) is 0 Å². The average Bonchev–Trinajstić information content (AvgIpc) is 3.23. The van der Waals surface area contributed by atoms with Gasteiger partial charge in [0.1, 0.15) is 13.2 Å². The summed E-state index contributed by atoms with van der Waals surface area (Å²) >= 11 is 0. The quantitative estimate of drug-likeness (QED) is 0.0344. The molecule has 0 saturated heterocycles. The van der Waals surface area contributed by atoms with Crippen LogP contribution in [0.1, 0.15) is 304 Å². The second-order valence-electron chi connectivity index (χ2n) is 19.8. The lowest BCUT2D eigenvalue weighted by Crippen LogP contribution is -2.30. The van der Waals surface area contributed by atoms with E-state index < -0.39 is 6.10 Å². The molecule has 0 rings (SSSR count). The Balaban J connectivity index is 4.22. The van der Waals surface area contributed by atoms with Crippen molar-refractivity contribution in [2.45, 2.75) is 310 Å². The smallest absolute Gasteiger partial charge is 0.306 e. The average molecular weight is 863 g/mol. The third kappa shape index (κ3) is 49.3. The van der Waals surface area contributed by atoms with E-state index in [0.29, 0.717) is 19.3 Å². The second kappa shape index (κ2) is 47.9. The first kappa shape index (κ1) is 59.4. The third-order valence-electron chi connectivity index (χ3n) is 12.5. The van der Waals surface area contributed by atoms with E-state index in [1.165, 1.54) is 193 Å². The molecule has 0 heterocycles. The van der Waals surface area contributed by atoms with Gasteiger partial charge in [-0.05, 0) is 31.1 Å². The zero-order valence-corrected chi connectivity index (χ0v) is 41.8. The maximum absolute atomic E-state index is 12.8. The molecule has 0 spiro atoms. The van der Waals surface area contributed by atoms with Gasteiger partial charge >= 0.3 is 17.9 Å². The van der Waals surface area contributed by atoms with Crippen LogP contribution in [0.5, 0.6) is 0 Å². The number of ether oxygens (including phenoxy) is 3. The van der Waals surface area contributed by atoms with Gasteiger partial charge in [-0.25, -0.2) is 0 Å². The normalized spacial score (nSPS) is 12.0. The molecule has 0 radical (unpaired) electrons. The number of unbranched alkanes of at least 4 members (excludes halogenated alkanes) is 34. The van der Waals surface area contributed by atoms with Crippen LogP contribution in [0.3, 0.4) is 0 Å². The predicted molar refractivity (Wildman–Crippen MR) is 261 cm³/mol. The van der Waals surface area contributed by atoms with Gasteiger partial charge in [-0.15, -0.1) is 0 Å². The molecule has 0 saturated carbocycles. The maximum atomic E-state index is 12.8. The van der Waals surface area contributed by atoms with Crippen molar-refractivity contribution >= 4 is 17.9 Å². The molecule has 362 valence electrons. The van der Waals surface area contributed by atoms with Crippen LogP contribution in [-0.4, -0.2) is 37.2 Å². The van der Waals surface area contributed by atoms with E-state index in [2.05, 4.69) is 34.6 Å². The van der Waals surface area contributed by atoms with Crippen LogP contribution in [0.25, 0.3) is 0 Å². The van der Waals surface area contributed by atoms with E-state index in [9.17, 15) is 14.4 Å². The monoisotopic (exact) mass is 863 g/mol. The Morgan fingerprint density at radius 2 is 0.541 bits per heavy atom. The van der Waals surface area contributed by atoms with Crippen LogP contribution in [-0.2, 0) is 28.6 Å². The lowest BCUT2D eigenvalue weighted by atomic mass is 10.0. The molecule has 0 unspecified atom stereocenters. The van der Waals surface area contributed by atoms with E-state index >= 15 is 0 Å². The SMILES string of the molecule is CCCCCCCCCCCCCCCCCCCCCC(=O)OC[C@H](COC(=O)CCCCCCCCC(C)C)OC(=O)CCCCCCCCCCCCCCC(C)C. The number of carbonyl (C=O) groups excluding carboxylic acids is 3. The zero-order chi connectivity index (χ0) is 44.7. The number of carbonyl (C=O) groups is 3. The number of hydrogen-bond donors (Lipinski definition) is 0. The first-order valence-electron chi connectivity index (χ1n) is 27.2. The molecule has 0 fully saturated rings. The van der Waals surface area contributed by atoms with E-state index in [0.717, 1.165) is 69.6 Å². The molecule has 6 heteroatoms. The molecule has 1 atom stereocenters. The summed E-state index contributed by atoms with van der Waals surface area (Å²) in [5, 5.41) is 0. The summed E-state index contributed by atoms with van der Waals surface area (Å²) in [6.45, 7) is 11.3. The first-order valence-corrected chi connectivity index (χ1v) is 27.2. The topological polar surface area (TPSA) is 78.9 Å². The summed E-state index contributed by atoms with van der Waals surface area (Å²) in [5.41, 5.74) is 0. The van der Waals surface area contributed by atoms with E-state index in [-0.39, 0.29) is 31.1 Å². The highest BCUT2D eigenvalue weighted by Crippen LogP contribution is 2.18. The van der Waals surface area contributed by atoms with Crippen molar-refractivity contribution in [2.75, 3.05) is 13.2 Å². The summed E-state index contributed by atoms with van der Waals surface area (Å²) in [6.07, 6.45) is 49.7. The molecule has 0 aliphatic rings. The fourth-order valence-electron chi connectivity index (χ4n) is 8.34. The Morgan fingerprint density at radius 3 is 0.803 bits per heavy atom. The van der Waals surface area contributed by atoms with Gasteiger partial charge in [0.25, 0.3) is 0 Å². The summed E-state index contributed by atoms with van der Waals surface area (Å²) in [5.74, 6) is 0.745. The zero-order valence-electron chi connectivity index (χ0n) is 41.8. The first-order chi connectivity index (χ1) is 29.7. The number of rotatable bonds is 49. The summed E-state index contributed by atoms with van der Waals surface area (Å²) in [6, 6.07) is 0. The van der Waals surface area contributed by atoms with E-state index in [1.807, 2.05) is 0 Å². The van der Waals surface area contributed by atoms with Crippen LogP contribution < -0.4 is 0 Å². The maximum Gasteiger partial charge on any atom is 0.306 e. The second-order valence-corrected chi connectivity index (χ2v) is 19.8. The minimum atomic E-state index is -0.762. The Kier molecular flexibility index (Phi) is 46.6. The Labute approximate surface area is 380 Å². The van der Waals surface area contributed by atoms with Crippen LogP contribution in [0.4, 0.5) is 0 Å². The standard InChI is InChI=1S/C55H106O6/c1-6-7-8-9-10-11-12-13-14-15-16-17-18-19-23-26-29-35-40-45-53(56)59-48-52(49-60-54(57)46-41-36-32-31-34-39-44-51(4)5)61-55(58)47-42-37-30-27-24-21-20-22-25-28-33-38-43-50(2)3/h50-52H,6-49H2,1-5H3/t52-/m1/s1. The van der Waals surface area contributed by atoms with Crippen LogP contribution in [0.2, 0.25) is 0 Å². The van der Waals surface area contributed by atoms with E-state index in [4.69, 9.17) is 14.2 Å². The molecule has 0 aromatic carbocycles. The molecule has 0 aliphatic carbocycles. The molecule has 0 bridgehead atoms. The van der Waals surface area contributed by atoms with Crippen molar-refractivity contribution in [3.8, 4) is 0 Å². The summed E-state index contributed by atoms with van der Waals surface area (Å²) < 4.78 is 16.8. The van der Waals surface area contributed by atoms with E-state index in [1.54, 1.807) is 0 Å². The minimum Gasteiger partial charge on any atom is -0.462 e. The molecule has 0 aromatic rings. The van der Waals surface area contributed by atoms with Gasteiger partial charge in [0, 0.05) is 19.3 Å². The van der Waals surface area contributed by atoms with Crippen molar-refractivity contribution < 1.29 is 28.6 Å². The van der Waals surface area contributed by atoms with Crippen molar-refractivity contribution in [1.29, 1.82) is 0 Å². The lowest BCUT2D eigenvalue weighted by molar-refractivity contribution is -0.167. The highest BCUT2D eigenvalue weighted by atomic mass is 16.6. The molecule has 61 heavy (non-hydrogen) atoms. The van der Waals surface area contributed by atoms with Gasteiger partial charge in [-0.2, -0.15) is 0 Å². The molecule has 0 aliphatic heterocycles. The number of esters is 3. The molecule has 6 nitrogen and oxygen atoms in total. The van der Waals surface area contributed by atoms with Gasteiger partial charge in [0.05, 0.1) is 0 Å². The number of hydrogen-bond acceptors (Lipinski definition) is 6. The fourth-order valence-corrected chi connectivity index (χ4v) is 8.34. The Hall–Kier alpha value is -1.59. The van der Waals surface area contributed by atoms with Crippen molar-refractivity contribution in [3.63, 3.8) is 0 Å². The lowest BCUT2D eigenvalue weighted by Gasteiger charge is -2.18. The third-order valence-corrected chi connectivity index (χ3v) is 12.5. The largest absolute Gasteiger partial charge is 0.462 e. The van der Waals surface area contributed by atoms with Crippen molar-refractivity contribution in [3.05, 3.63) is 0 Å². The van der Waals surface area contributed by atoms with Gasteiger partial charge in [-0.3, -0.25) is 14.4 Å². The molecule has 0 aromatic heterocycles. The highest BCUT2D eigenvalue weighted by Gasteiger charge is 2.19.